The van der Waals surface area contributed by atoms with Gasteiger partial charge in [0.25, 0.3) is 0 Å². The molecule has 1 fully saturated rings. The summed E-state index contributed by atoms with van der Waals surface area (Å²) in [5.41, 5.74) is 4.16. The summed E-state index contributed by atoms with van der Waals surface area (Å²) in [7, 11) is 1.92. The van der Waals surface area contributed by atoms with E-state index in [2.05, 4.69) is 21.4 Å². The van der Waals surface area contributed by atoms with E-state index >= 15 is 0 Å². The van der Waals surface area contributed by atoms with E-state index in [0.29, 0.717) is 12.3 Å². The van der Waals surface area contributed by atoms with Crippen LogP contribution in [0.25, 0.3) is 0 Å². The number of amides is 1. The molecule has 1 atom stereocenters. The van der Waals surface area contributed by atoms with Crippen molar-refractivity contribution in [2.45, 2.75) is 39.5 Å². The lowest BCUT2D eigenvalue weighted by Crippen LogP contribution is -2.29. The van der Waals surface area contributed by atoms with Gasteiger partial charge in [-0.15, -0.1) is 11.3 Å². The van der Waals surface area contributed by atoms with Crippen LogP contribution in [-0.2, 0) is 11.2 Å². The van der Waals surface area contributed by atoms with Crippen LogP contribution in [0.1, 0.15) is 39.3 Å². The van der Waals surface area contributed by atoms with Gasteiger partial charge in [0, 0.05) is 48.0 Å². The van der Waals surface area contributed by atoms with E-state index in [1.165, 1.54) is 0 Å². The summed E-state index contributed by atoms with van der Waals surface area (Å²) in [6.45, 7) is 7.55. The number of aryl methyl sites for hydroxylation is 3. The number of rotatable bonds is 4. The van der Waals surface area contributed by atoms with Gasteiger partial charge in [0.2, 0.25) is 5.91 Å². The van der Waals surface area contributed by atoms with Crippen LogP contribution in [0.5, 0.6) is 0 Å². The maximum atomic E-state index is 12.6. The standard InChI is InChI=1S/C18H24N4OS/c1-11-7-15(19-4)8-16(20-11)14-5-6-22(10-14)18(23)9-17-12(2)21-13(3)24-17/h7-8,14H,5-6,9-10H2,1-4H3,(H,19,20). The Balaban J connectivity index is 1.67. The minimum Gasteiger partial charge on any atom is -0.388 e. The molecule has 1 unspecified atom stereocenters. The first-order valence-corrected chi connectivity index (χ1v) is 9.15. The molecule has 1 saturated heterocycles. The maximum Gasteiger partial charge on any atom is 0.227 e. The molecule has 6 heteroatoms. The molecule has 2 aromatic rings. The monoisotopic (exact) mass is 344 g/mol. The molecule has 2 aromatic heterocycles. The zero-order chi connectivity index (χ0) is 17.3. The largest absolute Gasteiger partial charge is 0.388 e. The number of nitrogens with one attached hydrogen (secondary N) is 1. The first-order valence-electron chi connectivity index (χ1n) is 8.33. The molecule has 0 spiro atoms. The summed E-state index contributed by atoms with van der Waals surface area (Å²) in [5, 5.41) is 4.21. The van der Waals surface area contributed by atoms with Gasteiger partial charge in [0.05, 0.1) is 17.1 Å². The van der Waals surface area contributed by atoms with Crippen LogP contribution < -0.4 is 5.32 Å². The molecule has 0 saturated carbocycles. The highest BCUT2D eigenvalue weighted by atomic mass is 32.1. The van der Waals surface area contributed by atoms with Gasteiger partial charge < -0.3 is 10.2 Å². The molecule has 1 aliphatic heterocycles. The number of carbonyl (C=O) groups is 1. The molecule has 3 heterocycles. The topological polar surface area (TPSA) is 58.1 Å². The van der Waals surface area contributed by atoms with E-state index in [9.17, 15) is 4.79 Å². The minimum absolute atomic E-state index is 0.200. The Bertz CT molecular complexity index is 755. The van der Waals surface area contributed by atoms with E-state index in [0.717, 1.165) is 52.2 Å². The quantitative estimate of drug-likeness (QED) is 0.926. The normalized spacial score (nSPS) is 17.3. The Morgan fingerprint density at radius 2 is 2.12 bits per heavy atom. The van der Waals surface area contributed by atoms with Crippen LogP contribution in [0.4, 0.5) is 5.69 Å². The van der Waals surface area contributed by atoms with Gasteiger partial charge in [-0.2, -0.15) is 0 Å². The van der Waals surface area contributed by atoms with Crippen molar-refractivity contribution in [1.82, 2.24) is 14.9 Å². The van der Waals surface area contributed by atoms with Gasteiger partial charge in [0.15, 0.2) is 0 Å². The Labute approximate surface area is 147 Å². The highest BCUT2D eigenvalue weighted by molar-refractivity contribution is 7.11. The first-order chi connectivity index (χ1) is 11.5. The summed E-state index contributed by atoms with van der Waals surface area (Å²) < 4.78 is 0. The molecule has 0 bridgehead atoms. The van der Waals surface area contributed by atoms with E-state index in [-0.39, 0.29) is 5.91 Å². The number of nitrogens with zero attached hydrogens (tertiary/aromatic N) is 3. The van der Waals surface area contributed by atoms with Gasteiger partial charge in [0.1, 0.15) is 0 Å². The van der Waals surface area contributed by atoms with E-state index < -0.39 is 0 Å². The summed E-state index contributed by atoms with van der Waals surface area (Å²) in [4.78, 5) is 24.8. The number of anilines is 1. The van der Waals surface area contributed by atoms with Gasteiger partial charge in [-0.3, -0.25) is 9.78 Å². The number of pyridine rings is 1. The predicted molar refractivity (Wildman–Crippen MR) is 97.8 cm³/mol. The number of hydrogen-bond donors (Lipinski definition) is 1. The number of likely N-dealkylation sites (tertiary alicyclic amines) is 1. The van der Waals surface area contributed by atoms with Crippen LogP contribution in [0, 0.1) is 20.8 Å². The summed E-state index contributed by atoms with van der Waals surface area (Å²) >= 11 is 1.63. The SMILES string of the molecule is CNc1cc(C)nc(C2CCN(C(=O)Cc3sc(C)nc3C)C2)c1. The molecule has 3 rings (SSSR count). The van der Waals surface area contributed by atoms with Crippen LogP contribution >= 0.6 is 11.3 Å². The van der Waals surface area contributed by atoms with Crippen LogP contribution in [-0.4, -0.2) is 40.9 Å². The Hall–Kier alpha value is -1.95. The van der Waals surface area contributed by atoms with Crippen LogP contribution in [0.2, 0.25) is 0 Å². The van der Waals surface area contributed by atoms with Crippen molar-refractivity contribution in [3.8, 4) is 0 Å². The number of carbonyl (C=O) groups excluding carboxylic acids is 1. The van der Waals surface area contributed by atoms with Crippen molar-refractivity contribution in [3.05, 3.63) is 39.1 Å². The third-order valence-electron chi connectivity index (χ3n) is 4.53. The summed E-state index contributed by atoms with van der Waals surface area (Å²) in [6, 6.07) is 4.14. The number of thiazole rings is 1. The lowest BCUT2D eigenvalue weighted by atomic mass is 10.0. The van der Waals surface area contributed by atoms with Crippen molar-refractivity contribution in [3.63, 3.8) is 0 Å². The van der Waals surface area contributed by atoms with Crippen molar-refractivity contribution >= 4 is 22.9 Å². The molecule has 0 radical (unpaired) electrons. The second-order valence-electron chi connectivity index (χ2n) is 6.42. The Morgan fingerprint density at radius 1 is 1.33 bits per heavy atom. The highest BCUT2D eigenvalue weighted by Gasteiger charge is 2.29. The fourth-order valence-electron chi connectivity index (χ4n) is 3.26. The van der Waals surface area contributed by atoms with Crippen molar-refractivity contribution in [1.29, 1.82) is 0 Å². The first kappa shape index (κ1) is 16.9. The molecule has 0 aliphatic carbocycles. The van der Waals surface area contributed by atoms with Crippen molar-refractivity contribution < 1.29 is 4.79 Å². The molecule has 1 amide bonds. The lowest BCUT2D eigenvalue weighted by Gasteiger charge is -2.17. The van der Waals surface area contributed by atoms with E-state index in [1.807, 2.05) is 38.8 Å². The van der Waals surface area contributed by atoms with E-state index in [4.69, 9.17) is 0 Å². The Morgan fingerprint density at radius 3 is 2.79 bits per heavy atom. The predicted octanol–water partition coefficient (Wildman–Crippen LogP) is 3.06. The molecule has 24 heavy (non-hydrogen) atoms. The number of hydrogen-bond acceptors (Lipinski definition) is 5. The molecule has 128 valence electrons. The van der Waals surface area contributed by atoms with Gasteiger partial charge in [-0.1, -0.05) is 0 Å². The lowest BCUT2D eigenvalue weighted by molar-refractivity contribution is -0.129. The molecular weight excluding hydrogens is 320 g/mol. The molecule has 1 N–H and O–H groups in total. The smallest absolute Gasteiger partial charge is 0.227 e. The second kappa shape index (κ2) is 6.89. The minimum atomic E-state index is 0.200. The number of aromatic nitrogens is 2. The average Bonchev–Trinajstić information content (AvgIpc) is 3.14. The average molecular weight is 344 g/mol. The third kappa shape index (κ3) is 3.59. The van der Waals surface area contributed by atoms with E-state index in [1.54, 1.807) is 11.3 Å². The molecule has 1 aliphatic rings. The van der Waals surface area contributed by atoms with Gasteiger partial charge >= 0.3 is 0 Å². The van der Waals surface area contributed by atoms with Gasteiger partial charge in [-0.05, 0) is 39.3 Å². The Kier molecular flexibility index (Phi) is 4.85. The fourth-order valence-corrected chi connectivity index (χ4v) is 4.19. The maximum absolute atomic E-state index is 12.6. The molecular formula is C18H24N4OS. The van der Waals surface area contributed by atoms with Gasteiger partial charge in [-0.25, -0.2) is 4.98 Å². The summed E-state index contributed by atoms with van der Waals surface area (Å²) in [5.74, 6) is 0.524. The highest BCUT2D eigenvalue weighted by Crippen LogP contribution is 2.29. The third-order valence-corrected chi connectivity index (χ3v) is 5.61. The van der Waals surface area contributed by atoms with Crippen molar-refractivity contribution in [2.75, 3.05) is 25.5 Å². The zero-order valence-electron chi connectivity index (χ0n) is 14.7. The fraction of sp³-hybridized carbons (Fsp3) is 0.500. The second-order valence-corrected chi connectivity index (χ2v) is 7.70. The summed E-state index contributed by atoms with van der Waals surface area (Å²) in [6.07, 6.45) is 1.44. The molecule has 0 aromatic carbocycles. The van der Waals surface area contributed by atoms with Crippen molar-refractivity contribution in [2.24, 2.45) is 0 Å². The zero-order valence-corrected chi connectivity index (χ0v) is 15.5. The van der Waals surface area contributed by atoms with Crippen LogP contribution in [0.15, 0.2) is 12.1 Å². The molecule has 5 nitrogen and oxygen atoms in total. The van der Waals surface area contributed by atoms with Crippen LogP contribution in [0.3, 0.4) is 0 Å².